The third-order valence-corrected chi connectivity index (χ3v) is 9.66. The highest BCUT2D eigenvalue weighted by molar-refractivity contribution is 8.26. The molecule has 4 aliphatic carbocycles. The van der Waals surface area contributed by atoms with Gasteiger partial charge in [-0.2, -0.15) is 5.01 Å². The largest absolute Gasteiger partial charge is 0.493 e. The van der Waals surface area contributed by atoms with Gasteiger partial charge in [-0.15, -0.1) is 0 Å². The monoisotopic (exact) mass is 552 g/mol. The van der Waals surface area contributed by atoms with Crippen molar-refractivity contribution < 1.29 is 23.5 Å². The molecule has 0 unspecified atom stereocenters. The van der Waals surface area contributed by atoms with E-state index in [-0.39, 0.29) is 29.7 Å². The predicted molar refractivity (Wildman–Crippen MR) is 147 cm³/mol. The molecule has 0 aromatic heterocycles. The minimum Gasteiger partial charge on any atom is -0.493 e. The average molecular weight is 553 g/mol. The second-order valence-corrected chi connectivity index (χ2v) is 12.6. The first-order valence-electron chi connectivity index (χ1n) is 13.0. The minimum absolute atomic E-state index is 0.0600. The Morgan fingerprint density at radius 2 is 1.82 bits per heavy atom. The highest BCUT2D eigenvalue weighted by atomic mass is 32.2. The Bertz CT molecular complexity index is 1310. The van der Waals surface area contributed by atoms with Crippen LogP contribution < -0.4 is 14.9 Å². The molecule has 38 heavy (non-hydrogen) atoms. The van der Waals surface area contributed by atoms with Gasteiger partial charge in [0.05, 0.1) is 17.4 Å². The van der Waals surface area contributed by atoms with Gasteiger partial charge >= 0.3 is 0 Å². The van der Waals surface area contributed by atoms with Crippen molar-refractivity contribution in [1.29, 1.82) is 0 Å². The summed E-state index contributed by atoms with van der Waals surface area (Å²) in [5, 5.41) is 1.23. The van der Waals surface area contributed by atoms with Crippen LogP contribution in [-0.2, 0) is 16.2 Å². The summed E-state index contributed by atoms with van der Waals surface area (Å²) >= 11 is 6.63. The lowest BCUT2D eigenvalue weighted by Gasteiger charge is -2.55. The van der Waals surface area contributed by atoms with Gasteiger partial charge in [-0.1, -0.05) is 36.0 Å². The Morgan fingerprint density at radius 1 is 1.13 bits per heavy atom. The van der Waals surface area contributed by atoms with E-state index in [1.54, 1.807) is 42.5 Å². The second-order valence-electron chi connectivity index (χ2n) is 10.9. The van der Waals surface area contributed by atoms with Gasteiger partial charge < -0.3 is 9.47 Å². The average Bonchev–Trinajstić information content (AvgIpc) is 3.15. The molecule has 5 fully saturated rings. The van der Waals surface area contributed by atoms with Crippen LogP contribution in [0.15, 0.2) is 47.4 Å². The molecule has 2 amide bonds. The first-order valence-corrected chi connectivity index (χ1v) is 14.2. The first kappa shape index (κ1) is 25.4. The molecule has 1 saturated heterocycles. The number of carbonyl (C=O) groups excluding carboxylic acids is 2. The summed E-state index contributed by atoms with van der Waals surface area (Å²) < 4.78 is 25.5. The SMILES string of the molecule is COc1cc(/C=C2/SC(=S)N(NC(=O)C34CC5CC(CC(C5)C3)C4)C2=O)ccc1OCc1ccccc1F. The van der Waals surface area contributed by atoms with Crippen molar-refractivity contribution in [3.8, 4) is 11.5 Å². The van der Waals surface area contributed by atoms with Crippen LogP contribution in [0.4, 0.5) is 4.39 Å². The number of nitrogens with zero attached hydrogens (tertiary/aromatic N) is 1. The molecule has 198 valence electrons. The Morgan fingerprint density at radius 3 is 2.47 bits per heavy atom. The summed E-state index contributed by atoms with van der Waals surface area (Å²) in [7, 11) is 1.52. The molecule has 1 heterocycles. The standard InChI is InChI=1S/C29H29FN2O4S2/c1-35-24-11-17(6-7-23(24)36-16-21-4-2-3-5-22(21)30)12-25-26(33)32(28(37)38-25)31-27(34)29-13-18-8-19(14-29)10-20(9-18)15-29/h2-7,11-12,18-20H,8-10,13-16H2,1H3,(H,31,34)/b25-12+. The molecular formula is C29H29FN2O4S2. The number of thioether (sulfide) groups is 1. The number of methoxy groups -OCH3 is 1. The minimum atomic E-state index is -0.367. The summed E-state index contributed by atoms with van der Waals surface area (Å²) in [5.41, 5.74) is 3.68. The van der Waals surface area contributed by atoms with E-state index in [0.717, 1.165) is 31.0 Å². The number of ether oxygens (including phenoxy) is 2. The number of amides is 2. The third kappa shape index (κ3) is 4.71. The summed E-state index contributed by atoms with van der Waals surface area (Å²) in [6, 6.07) is 11.7. The number of rotatable bonds is 7. The van der Waals surface area contributed by atoms with Crippen molar-refractivity contribution in [2.75, 3.05) is 7.11 Å². The lowest BCUT2D eigenvalue weighted by Crippen LogP contribution is -2.57. The van der Waals surface area contributed by atoms with E-state index in [9.17, 15) is 14.0 Å². The van der Waals surface area contributed by atoms with E-state index >= 15 is 0 Å². The maximum atomic E-state index is 13.9. The highest BCUT2D eigenvalue weighted by Crippen LogP contribution is 2.60. The maximum absolute atomic E-state index is 13.9. The molecule has 6 nitrogen and oxygen atoms in total. The van der Waals surface area contributed by atoms with Gasteiger partial charge in [0, 0.05) is 5.56 Å². The molecule has 2 aromatic carbocycles. The van der Waals surface area contributed by atoms with Gasteiger partial charge in [0.1, 0.15) is 12.4 Å². The number of hydrazine groups is 1. The lowest BCUT2D eigenvalue weighted by molar-refractivity contribution is -0.152. The fraction of sp³-hybridized carbons (Fsp3) is 0.414. The molecule has 4 saturated carbocycles. The number of halogens is 1. The van der Waals surface area contributed by atoms with Crippen LogP contribution in [0.1, 0.15) is 49.7 Å². The van der Waals surface area contributed by atoms with Crippen LogP contribution >= 0.6 is 24.0 Å². The molecule has 5 aliphatic rings. The first-order chi connectivity index (χ1) is 18.3. The van der Waals surface area contributed by atoms with Crippen molar-refractivity contribution in [2.45, 2.75) is 45.1 Å². The summed E-state index contributed by atoms with van der Waals surface area (Å²) in [5.74, 6) is 2.08. The molecule has 0 radical (unpaired) electrons. The summed E-state index contributed by atoms with van der Waals surface area (Å²) in [6.07, 6.45) is 8.20. The Kier molecular flexibility index (Phi) is 6.68. The number of benzene rings is 2. The van der Waals surface area contributed by atoms with Crippen molar-refractivity contribution in [3.05, 3.63) is 64.3 Å². The van der Waals surface area contributed by atoms with Gasteiger partial charge in [-0.25, -0.2) is 4.39 Å². The van der Waals surface area contributed by atoms with Gasteiger partial charge in [0.25, 0.3) is 5.91 Å². The molecule has 4 bridgehead atoms. The zero-order valence-electron chi connectivity index (χ0n) is 21.1. The van der Waals surface area contributed by atoms with Gasteiger partial charge in [0.15, 0.2) is 15.8 Å². The van der Waals surface area contributed by atoms with Crippen LogP contribution in [0.25, 0.3) is 6.08 Å². The third-order valence-electron chi connectivity index (χ3n) is 8.35. The van der Waals surface area contributed by atoms with Crippen LogP contribution in [0, 0.1) is 29.0 Å². The fourth-order valence-corrected chi connectivity index (χ4v) is 8.17. The predicted octanol–water partition coefficient (Wildman–Crippen LogP) is 5.86. The van der Waals surface area contributed by atoms with Crippen molar-refractivity contribution >= 4 is 46.2 Å². The summed E-state index contributed by atoms with van der Waals surface area (Å²) in [6.45, 7) is 0.0600. The molecule has 2 aromatic rings. The van der Waals surface area contributed by atoms with E-state index in [2.05, 4.69) is 5.43 Å². The van der Waals surface area contributed by atoms with Crippen LogP contribution in [0.3, 0.4) is 0 Å². The Balaban J connectivity index is 1.14. The van der Waals surface area contributed by atoms with Gasteiger partial charge in [-0.3, -0.25) is 15.0 Å². The number of nitrogens with one attached hydrogen (secondary N) is 1. The van der Waals surface area contributed by atoms with Gasteiger partial charge in [0.2, 0.25) is 5.91 Å². The molecule has 7 rings (SSSR count). The molecule has 1 aliphatic heterocycles. The van der Waals surface area contributed by atoms with Crippen LogP contribution in [0.2, 0.25) is 0 Å². The fourth-order valence-electron chi connectivity index (χ4n) is 6.99. The van der Waals surface area contributed by atoms with E-state index in [1.807, 2.05) is 0 Å². The Labute approximate surface area is 230 Å². The van der Waals surface area contributed by atoms with E-state index < -0.39 is 0 Å². The second kappa shape index (κ2) is 10.0. The molecule has 1 N–H and O–H groups in total. The van der Waals surface area contributed by atoms with Crippen LogP contribution in [-0.4, -0.2) is 28.3 Å². The normalized spacial score (nSPS) is 28.7. The molecule has 0 spiro atoms. The van der Waals surface area contributed by atoms with E-state index in [1.165, 1.54) is 37.4 Å². The smallest absolute Gasteiger partial charge is 0.285 e. The van der Waals surface area contributed by atoms with E-state index in [0.29, 0.717) is 49.6 Å². The highest BCUT2D eigenvalue weighted by Gasteiger charge is 2.55. The number of thiocarbonyl (C=S) groups is 1. The lowest BCUT2D eigenvalue weighted by atomic mass is 9.49. The number of carbonyl (C=O) groups is 2. The van der Waals surface area contributed by atoms with Crippen molar-refractivity contribution in [2.24, 2.45) is 23.2 Å². The van der Waals surface area contributed by atoms with E-state index in [4.69, 9.17) is 21.7 Å². The van der Waals surface area contributed by atoms with Crippen LogP contribution in [0.5, 0.6) is 11.5 Å². The number of hydrogen-bond donors (Lipinski definition) is 1. The number of hydrogen-bond acceptors (Lipinski definition) is 6. The molecule has 0 atom stereocenters. The topological polar surface area (TPSA) is 67.9 Å². The van der Waals surface area contributed by atoms with Crippen molar-refractivity contribution in [1.82, 2.24) is 10.4 Å². The molecular weight excluding hydrogens is 523 g/mol. The zero-order valence-corrected chi connectivity index (χ0v) is 22.7. The quantitative estimate of drug-likeness (QED) is 0.343. The maximum Gasteiger partial charge on any atom is 0.285 e. The van der Waals surface area contributed by atoms with Gasteiger partial charge in [-0.05, 0) is 98.3 Å². The molecule has 9 heteroatoms. The summed E-state index contributed by atoms with van der Waals surface area (Å²) in [4.78, 5) is 27.1. The van der Waals surface area contributed by atoms with Crippen molar-refractivity contribution in [3.63, 3.8) is 0 Å². The zero-order chi connectivity index (χ0) is 26.4. The Hall–Kier alpha value is -2.91.